The van der Waals surface area contributed by atoms with Crippen molar-refractivity contribution in [1.82, 2.24) is 5.32 Å². The highest BCUT2D eigenvalue weighted by Crippen LogP contribution is 2.76. The van der Waals surface area contributed by atoms with Gasteiger partial charge in [0.1, 0.15) is 42.7 Å². The summed E-state index contributed by atoms with van der Waals surface area (Å²) in [5, 5.41) is 66.2. The maximum Gasteiger partial charge on any atom is 0.310 e. The van der Waals surface area contributed by atoms with Crippen LogP contribution in [0, 0.1) is 50.2 Å². The third-order valence-electron chi connectivity index (χ3n) is 17.3. The highest BCUT2D eigenvalue weighted by Gasteiger charge is 2.69. The molecule has 318 valence electrons. The van der Waals surface area contributed by atoms with Crippen LogP contribution < -0.4 is 5.32 Å². The standard InChI is InChI=1S/C43H69NO12/c1-22(45)44-30-33(49)32(48)26(21-54-36-34(50)31(47)25(46)20-53-36)55-35(30)56-29-12-13-40(6)27(39(29,4)5)11-14-42(8)28(40)10-9-23-24-19-38(2,3)15-17-43(24,37(51)52)18-16-41(23,42)7/h9,24-36,46-50H,10-21H2,1-8H3,(H,44,45)(H,51,52)/t24-,25-,26+,27-,28+,29-,30+,31-,32?,33?,34+,35-,36-,40-,41+,42+,43-/m0/s1. The molecule has 0 aromatic rings. The minimum atomic E-state index is -1.54. The first-order valence-electron chi connectivity index (χ1n) is 21.2. The third kappa shape index (κ3) is 6.53. The van der Waals surface area contributed by atoms with Gasteiger partial charge in [0.05, 0.1) is 24.7 Å². The van der Waals surface area contributed by atoms with E-state index in [2.05, 4.69) is 59.9 Å². The zero-order valence-corrected chi connectivity index (χ0v) is 34.7. The van der Waals surface area contributed by atoms with Crippen LogP contribution in [0.4, 0.5) is 0 Å². The number of nitrogens with one attached hydrogen (secondary N) is 1. The van der Waals surface area contributed by atoms with Gasteiger partial charge in [-0.15, -0.1) is 0 Å². The fourth-order valence-electron chi connectivity index (χ4n) is 13.7. The number of aliphatic hydroxyl groups excluding tert-OH is 5. The molecule has 13 heteroatoms. The fraction of sp³-hybridized carbons (Fsp3) is 0.907. The predicted molar refractivity (Wildman–Crippen MR) is 204 cm³/mol. The summed E-state index contributed by atoms with van der Waals surface area (Å²) < 4.78 is 24.2. The van der Waals surface area contributed by atoms with E-state index in [9.17, 15) is 40.2 Å². The number of carboxylic acid groups (broad SMARTS) is 1. The average molecular weight is 792 g/mol. The van der Waals surface area contributed by atoms with E-state index in [-0.39, 0.29) is 58.2 Å². The second-order valence-electron chi connectivity index (χ2n) is 21.0. The van der Waals surface area contributed by atoms with Crippen molar-refractivity contribution in [1.29, 1.82) is 0 Å². The van der Waals surface area contributed by atoms with Gasteiger partial charge in [-0.3, -0.25) is 9.59 Å². The number of rotatable bonds is 7. The Hall–Kier alpha value is -1.68. The topological polar surface area (TPSA) is 204 Å². The lowest BCUT2D eigenvalue weighted by Gasteiger charge is -2.71. The van der Waals surface area contributed by atoms with E-state index < -0.39 is 72.5 Å². The van der Waals surface area contributed by atoms with E-state index in [0.29, 0.717) is 12.3 Å². The maximum absolute atomic E-state index is 13.1. The van der Waals surface area contributed by atoms with Gasteiger partial charge in [0.2, 0.25) is 5.91 Å². The number of amides is 1. The lowest BCUT2D eigenvalue weighted by molar-refractivity contribution is -0.322. The van der Waals surface area contributed by atoms with Crippen molar-refractivity contribution in [2.75, 3.05) is 13.2 Å². The highest BCUT2D eigenvalue weighted by molar-refractivity contribution is 5.76. The lowest BCUT2D eigenvalue weighted by Crippen LogP contribution is -2.67. The van der Waals surface area contributed by atoms with Crippen molar-refractivity contribution in [3.8, 4) is 0 Å². The van der Waals surface area contributed by atoms with E-state index in [1.807, 2.05) is 0 Å². The summed E-state index contributed by atoms with van der Waals surface area (Å²) in [5.74, 6) is -0.304. The van der Waals surface area contributed by atoms with Crippen LogP contribution in [-0.4, -0.2) is 117 Å². The van der Waals surface area contributed by atoms with Crippen LogP contribution in [0.15, 0.2) is 11.6 Å². The largest absolute Gasteiger partial charge is 0.481 e. The van der Waals surface area contributed by atoms with E-state index >= 15 is 0 Å². The van der Waals surface area contributed by atoms with Crippen LogP contribution >= 0.6 is 0 Å². The Kier molecular flexibility index (Phi) is 11.0. The molecule has 13 nitrogen and oxygen atoms in total. The quantitative estimate of drug-likeness (QED) is 0.146. The summed E-state index contributed by atoms with van der Waals surface area (Å²) >= 11 is 0. The molecule has 0 bridgehead atoms. The van der Waals surface area contributed by atoms with Crippen molar-refractivity contribution in [2.45, 2.75) is 181 Å². The number of carbonyl (C=O) groups is 2. The molecule has 0 radical (unpaired) electrons. The second-order valence-corrected chi connectivity index (χ2v) is 21.0. The molecule has 7 rings (SSSR count). The van der Waals surface area contributed by atoms with E-state index in [0.717, 1.165) is 57.8 Å². The zero-order chi connectivity index (χ0) is 41.0. The van der Waals surface area contributed by atoms with Crippen LogP contribution in [0.1, 0.15) is 120 Å². The van der Waals surface area contributed by atoms with Crippen molar-refractivity contribution in [3.05, 3.63) is 11.6 Å². The van der Waals surface area contributed by atoms with E-state index in [4.69, 9.17) is 18.9 Å². The van der Waals surface area contributed by atoms with Crippen LogP contribution in [0.3, 0.4) is 0 Å². The molecule has 0 aromatic carbocycles. The second kappa shape index (κ2) is 14.5. The van der Waals surface area contributed by atoms with Gasteiger partial charge >= 0.3 is 5.97 Å². The summed E-state index contributed by atoms with van der Waals surface area (Å²) in [5.41, 5.74) is 0.380. The summed E-state index contributed by atoms with van der Waals surface area (Å²) in [6.07, 6.45) is 0.178. The Morgan fingerprint density at radius 2 is 1.54 bits per heavy atom. The van der Waals surface area contributed by atoms with Gasteiger partial charge in [0.15, 0.2) is 12.6 Å². The van der Waals surface area contributed by atoms with Gasteiger partial charge in [-0.1, -0.05) is 60.1 Å². The summed E-state index contributed by atoms with van der Waals surface area (Å²) in [6.45, 7) is 17.3. The van der Waals surface area contributed by atoms with Crippen molar-refractivity contribution in [2.24, 2.45) is 50.2 Å². The lowest BCUT2D eigenvalue weighted by atomic mass is 9.33. The number of carboxylic acids is 1. The van der Waals surface area contributed by atoms with Gasteiger partial charge in [-0.25, -0.2) is 0 Å². The number of carbonyl (C=O) groups excluding carboxylic acids is 1. The first-order valence-corrected chi connectivity index (χ1v) is 21.2. The summed E-state index contributed by atoms with van der Waals surface area (Å²) in [6, 6.07) is -1.07. The van der Waals surface area contributed by atoms with E-state index in [1.54, 1.807) is 0 Å². The zero-order valence-electron chi connectivity index (χ0n) is 34.7. The van der Waals surface area contributed by atoms with Gasteiger partial charge in [0, 0.05) is 6.92 Å². The SMILES string of the molecule is CC(=O)N[C@@H]1C(O)C(O)[C@@H](CO[C@@H]2OC[C@H](O)[C@H](O)[C@H]2O)O[C@H]1O[C@H]1CC[C@]2(C)[C@H]3CC=C4[C@@H]5CC(C)(C)CC[C@]5(C(=O)O)CC[C@@]4(C)[C@]3(C)CC[C@H]2C1(C)C. The van der Waals surface area contributed by atoms with Crippen LogP contribution in [0.25, 0.3) is 0 Å². The number of aliphatic hydroxyl groups is 5. The van der Waals surface area contributed by atoms with Crippen molar-refractivity contribution >= 4 is 11.9 Å². The monoisotopic (exact) mass is 791 g/mol. The number of fused-ring (bicyclic) bond motifs is 7. The Morgan fingerprint density at radius 3 is 2.21 bits per heavy atom. The smallest absolute Gasteiger partial charge is 0.310 e. The third-order valence-corrected chi connectivity index (χ3v) is 17.3. The molecule has 4 saturated carbocycles. The molecular weight excluding hydrogens is 722 g/mol. The minimum Gasteiger partial charge on any atom is -0.481 e. The van der Waals surface area contributed by atoms with Crippen molar-refractivity contribution < 1.29 is 59.2 Å². The first kappa shape index (κ1) is 42.4. The summed E-state index contributed by atoms with van der Waals surface area (Å²) in [7, 11) is 0. The molecular formula is C43H69NO12. The van der Waals surface area contributed by atoms with Gasteiger partial charge in [0.25, 0.3) is 0 Å². The van der Waals surface area contributed by atoms with Crippen LogP contribution in [0.5, 0.6) is 0 Å². The predicted octanol–water partition coefficient (Wildman–Crippen LogP) is 3.66. The Morgan fingerprint density at radius 1 is 0.839 bits per heavy atom. The number of allylic oxidation sites excluding steroid dienone is 2. The molecule has 2 aliphatic heterocycles. The minimum absolute atomic E-state index is 0.00142. The molecule has 2 saturated heterocycles. The molecule has 56 heavy (non-hydrogen) atoms. The molecule has 2 unspecified atom stereocenters. The average Bonchev–Trinajstić information content (AvgIpc) is 3.11. The van der Waals surface area contributed by atoms with E-state index in [1.165, 1.54) is 12.5 Å². The number of aliphatic carboxylic acids is 1. The normalized spacial score (nSPS) is 50.9. The Bertz CT molecular complexity index is 1550. The number of ether oxygens (including phenoxy) is 4. The molecule has 2 heterocycles. The molecule has 7 N–H and O–H groups in total. The van der Waals surface area contributed by atoms with Gasteiger partial charge < -0.3 is 54.9 Å². The molecule has 7 aliphatic rings. The number of hydrogen-bond donors (Lipinski definition) is 7. The molecule has 17 atom stereocenters. The fourth-order valence-corrected chi connectivity index (χ4v) is 13.7. The first-order chi connectivity index (χ1) is 26.0. The van der Waals surface area contributed by atoms with Crippen LogP contribution in [-0.2, 0) is 28.5 Å². The summed E-state index contributed by atoms with van der Waals surface area (Å²) in [4.78, 5) is 25.4. The molecule has 0 spiro atoms. The highest BCUT2D eigenvalue weighted by atomic mass is 16.7. The molecule has 5 aliphatic carbocycles. The maximum atomic E-state index is 13.1. The van der Waals surface area contributed by atoms with Crippen LogP contribution in [0.2, 0.25) is 0 Å². The Balaban J connectivity index is 1.11. The van der Waals surface area contributed by atoms with Gasteiger partial charge in [-0.05, 0) is 109 Å². The van der Waals surface area contributed by atoms with Gasteiger partial charge in [-0.2, -0.15) is 0 Å². The molecule has 1 amide bonds. The Labute approximate surface area is 331 Å². The number of hydrogen-bond acceptors (Lipinski definition) is 11. The van der Waals surface area contributed by atoms with Crippen molar-refractivity contribution in [3.63, 3.8) is 0 Å². The molecule has 0 aromatic heterocycles. The molecule has 6 fully saturated rings.